The predicted octanol–water partition coefficient (Wildman–Crippen LogP) is 4.45. The average Bonchev–Trinajstić information content (AvgIpc) is 3.17. The first-order chi connectivity index (χ1) is 14.1. The Morgan fingerprint density at radius 2 is 1.69 bits per heavy atom. The molecule has 0 saturated carbocycles. The number of aromatic nitrogens is 2. The van der Waals surface area contributed by atoms with Gasteiger partial charge in [-0.05, 0) is 67.6 Å². The molecule has 6 nitrogen and oxygen atoms in total. The molecule has 1 amide bonds. The zero-order chi connectivity index (χ0) is 20.2. The van der Waals surface area contributed by atoms with Crippen molar-refractivity contribution < 1.29 is 14.3 Å². The zero-order valence-electron chi connectivity index (χ0n) is 15.8. The van der Waals surface area contributed by atoms with Gasteiger partial charge in [0, 0.05) is 16.8 Å². The van der Waals surface area contributed by atoms with Crippen LogP contribution in [-0.4, -0.2) is 28.3 Å². The quantitative estimate of drug-likeness (QED) is 0.480. The van der Waals surface area contributed by atoms with Gasteiger partial charge < -0.3 is 15.0 Å². The van der Waals surface area contributed by atoms with Gasteiger partial charge in [0.2, 0.25) is 0 Å². The van der Waals surface area contributed by atoms with E-state index in [0.717, 1.165) is 22.4 Å². The maximum absolute atomic E-state index is 12.1. The Balaban J connectivity index is 1.35. The van der Waals surface area contributed by atoms with E-state index in [2.05, 4.69) is 15.3 Å². The number of benzene rings is 3. The van der Waals surface area contributed by atoms with Gasteiger partial charge in [-0.2, -0.15) is 0 Å². The highest BCUT2D eigenvalue weighted by Crippen LogP contribution is 2.22. The van der Waals surface area contributed by atoms with E-state index < -0.39 is 0 Å². The first-order valence-electron chi connectivity index (χ1n) is 9.17. The van der Waals surface area contributed by atoms with Gasteiger partial charge in [0.15, 0.2) is 12.4 Å². The molecule has 0 radical (unpaired) electrons. The van der Waals surface area contributed by atoms with Crippen molar-refractivity contribution in [1.82, 2.24) is 9.97 Å². The summed E-state index contributed by atoms with van der Waals surface area (Å²) in [6.07, 6.45) is 0. The number of anilines is 1. The lowest BCUT2D eigenvalue weighted by Crippen LogP contribution is -2.20. The summed E-state index contributed by atoms with van der Waals surface area (Å²) in [5.41, 5.74) is 4.10. The van der Waals surface area contributed by atoms with E-state index in [1.54, 1.807) is 24.3 Å². The molecule has 0 fully saturated rings. The Morgan fingerprint density at radius 3 is 2.38 bits per heavy atom. The van der Waals surface area contributed by atoms with Crippen LogP contribution in [0.3, 0.4) is 0 Å². The van der Waals surface area contributed by atoms with Gasteiger partial charge in [-0.1, -0.05) is 12.1 Å². The van der Waals surface area contributed by atoms with E-state index >= 15 is 0 Å². The van der Waals surface area contributed by atoms with E-state index in [1.807, 2.05) is 48.5 Å². The first kappa shape index (κ1) is 18.4. The second-order valence-corrected chi connectivity index (χ2v) is 6.60. The van der Waals surface area contributed by atoms with Gasteiger partial charge in [-0.3, -0.25) is 9.59 Å². The van der Waals surface area contributed by atoms with Crippen molar-refractivity contribution >= 4 is 28.4 Å². The lowest BCUT2D eigenvalue weighted by molar-refractivity contribution is -0.118. The number of hydrogen-bond donors (Lipinski definition) is 2. The van der Waals surface area contributed by atoms with Crippen LogP contribution in [0.4, 0.5) is 5.69 Å². The fourth-order valence-corrected chi connectivity index (χ4v) is 2.93. The van der Waals surface area contributed by atoms with Gasteiger partial charge >= 0.3 is 0 Å². The van der Waals surface area contributed by atoms with Crippen molar-refractivity contribution in [3.8, 4) is 17.1 Å². The Kier molecular flexibility index (Phi) is 5.07. The number of H-pyrrole nitrogens is 1. The van der Waals surface area contributed by atoms with Crippen LogP contribution >= 0.6 is 0 Å². The van der Waals surface area contributed by atoms with Gasteiger partial charge in [0.1, 0.15) is 11.6 Å². The number of carbonyl (C=O) groups is 2. The van der Waals surface area contributed by atoms with E-state index in [0.29, 0.717) is 17.0 Å². The molecule has 0 aliphatic heterocycles. The highest BCUT2D eigenvalue weighted by Gasteiger charge is 2.07. The van der Waals surface area contributed by atoms with Crippen molar-refractivity contribution in [1.29, 1.82) is 0 Å². The second-order valence-electron chi connectivity index (χ2n) is 6.60. The summed E-state index contributed by atoms with van der Waals surface area (Å²) < 4.78 is 5.46. The third-order valence-corrected chi connectivity index (χ3v) is 4.46. The van der Waals surface area contributed by atoms with Crippen LogP contribution in [0.25, 0.3) is 22.4 Å². The number of aromatic amines is 1. The fraction of sp³-hybridized carbons (Fsp3) is 0.0870. The number of imidazole rings is 1. The monoisotopic (exact) mass is 385 g/mol. The number of fused-ring (bicyclic) bond motifs is 1. The number of ketones is 1. The normalized spacial score (nSPS) is 10.7. The van der Waals surface area contributed by atoms with Gasteiger partial charge in [-0.15, -0.1) is 0 Å². The lowest BCUT2D eigenvalue weighted by atomic mass is 10.1. The predicted molar refractivity (Wildman–Crippen MR) is 112 cm³/mol. The molecule has 144 valence electrons. The molecule has 1 aromatic heterocycles. The molecule has 2 N–H and O–H groups in total. The molecule has 0 atom stereocenters. The molecular weight excluding hydrogens is 366 g/mol. The van der Waals surface area contributed by atoms with Crippen LogP contribution in [0.5, 0.6) is 5.75 Å². The molecule has 0 aliphatic rings. The molecule has 0 bridgehead atoms. The van der Waals surface area contributed by atoms with E-state index in [4.69, 9.17) is 4.74 Å². The number of Topliss-reactive ketones (excluding diaryl/α,β-unsaturated/α-hetero) is 1. The van der Waals surface area contributed by atoms with Crippen molar-refractivity contribution in [3.05, 3.63) is 78.4 Å². The topological polar surface area (TPSA) is 84.1 Å². The van der Waals surface area contributed by atoms with Crippen LogP contribution < -0.4 is 10.1 Å². The number of amides is 1. The van der Waals surface area contributed by atoms with Gasteiger partial charge in [-0.25, -0.2) is 4.98 Å². The first-order valence-corrected chi connectivity index (χ1v) is 9.17. The van der Waals surface area contributed by atoms with Crippen molar-refractivity contribution in [3.63, 3.8) is 0 Å². The molecule has 29 heavy (non-hydrogen) atoms. The molecule has 4 aromatic rings. The summed E-state index contributed by atoms with van der Waals surface area (Å²) >= 11 is 0. The van der Waals surface area contributed by atoms with Crippen molar-refractivity contribution in [2.75, 3.05) is 11.9 Å². The molecule has 3 aromatic carbocycles. The smallest absolute Gasteiger partial charge is 0.262 e. The van der Waals surface area contributed by atoms with Gasteiger partial charge in [0.25, 0.3) is 5.91 Å². The summed E-state index contributed by atoms with van der Waals surface area (Å²) in [7, 11) is 0. The number of carbonyl (C=O) groups excluding carboxylic acids is 2. The largest absolute Gasteiger partial charge is 0.484 e. The van der Waals surface area contributed by atoms with E-state index in [1.165, 1.54) is 6.92 Å². The molecule has 1 heterocycles. The van der Waals surface area contributed by atoms with Crippen LogP contribution in [0.15, 0.2) is 72.8 Å². The molecule has 4 rings (SSSR count). The molecule has 0 unspecified atom stereocenters. The molecule has 0 saturated heterocycles. The Morgan fingerprint density at radius 1 is 0.966 bits per heavy atom. The van der Waals surface area contributed by atoms with E-state index in [9.17, 15) is 9.59 Å². The second kappa shape index (κ2) is 7.98. The Labute approximate surface area is 167 Å². The number of ether oxygens (including phenoxy) is 1. The van der Waals surface area contributed by atoms with E-state index in [-0.39, 0.29) is 18.3 Å². The van der Waals surface area contributed by atoms with Gasteiger partial charge in [0.05, 0.1) is 11.0 Å². The number of nitrogens with one attached hydrogen (secondary N) is 2. The number of rotatable bonds is 6. The van der Waals surface area contributed by atoms with Crippen LogP contribution in [0.1, 0.15) is 17.3 Å². The van der Waals surface area contributed by atoms with Crippen molar-refractivity contribution in [2.45, 2.75) is 6.92 Å². The third kappa shape index (κ3) is 4.32. The SMILES string of the molecule is CC(=O)c1ccc(OCC(=O)Nc2ccc(-c3nc4ccccc4[nH]3)cc2)cc1. The maximum Gasteiger partial charge on any atom is 0.262 e. The summed E-state index contributed by atoms with van der Waals surface area (Å²) in [5, 5.41) is 2.80. The molecule has 0 aliphatic carbocycles. The highest BCUT2D eigenvalue weighted by atomic mass is 16.5. The molecule has 6 heteroatoms. The van der Waals surface area contributed by atoms with Crippen LogP contribution in [0, 0.1) is 0 Å². The Bertz CT molecular complexity index is 1130. The molecule has 0 spiro atoms. The standard InChI is InChI=1S/C23H19N3O3/c1-15(27)16-8-12-19(13-9-16)29-14-22(28)24-18-10-6-17(7-11-18)23-25-20-4-2-3-5-21(20)26-23/h2-13H,14H2,1H3,(H,24,28)(H,25,26). The molecular formula is C23H19N3O3. The minimum atomic E-state index is -0.267. The highest BCUT2D eigenvalue weighted by molar-refractivity contribution is 5.94. The zero-order valence-corrected chi connectivity index (χ0v) is 15.8. The maximum atomic E-state index is 12.1. The van der Waals surface area contributed by atoms with Crippen molar-refractivity contribution in [2.24, 2.45) is 0 Å². The number of para-hydroxylation sites is 2. The number of hydrogen-bond acceptors (Lipinski definition) is 4. The van der Waals surface area contributed by atoms with Crippen LogP contribution in [0.2, 0.25) is 0 Å². The van der Waals surface area contributed by atoms with Crippen LogP contribution in [-0.2, 0) is 4.79 Å². The lowest BCUT2D eigenvalue weighted by Gasteiger charge is -2.08. The summed E-state index contributed by atoms with van der Waals surface area (Å²) in [4.78, 5) is 31.3. The fourth-order valence-electron chi connectivity index (χ4n) is 2.93. The summed E-state index contributed by atoms with van der Waals surface area (Å²) in [6, 6.07) is 22.0. The Hall–Kier alpha value is -3.93. The average molecular weight is 385 g/mol. The number of nitrogens with zero attached hydrogens (tertiary/aromatic N) is 1. The minimum Gasteiger partial charge on any atom is -0.484 e. The summed E-state index contributed by atoms with van der Waals surface area (Å²) in [5.74, 6) is 1.03. The minimum absolute atomic E-state index is 0.0135. The summed E-state index contributed by atoms with van der Waals surface area (Å²) in [6.45, 7) is 1.38. The third-order valence-electron chi connectivity index (χ3n) is 4.46.